The Balaban J connectivity index is 1.31. The summed E-state index contributed by atoms with van der Waals surface area (Å²) in [6.07, 6.45) is 1.42. The Kier molecular flexibility index (Phi) is 6.79. The van der Waals surface area contributed by atoms with Gasteiger partial charge in [-0.1, -0.05) is 23.7 Å². The van der Waals surface area contributed by atoms with E-state index >= 15 is 0 Å². The van der Waals surface area contributed by atoms with Gasteiger partial charge >= 0.3 is 12.0 Å². The van der Waals surface area contributed by atoms with Crippen LogP contribution in [0.3, 0.4) is 0 Å². The number of halogens is 1. The first-order valence-corrected chi connectivity index (χ1v) is 9.90. The molecule has 1 aromatic rings. The van der Waals surface area contributed by atoms with Crippen LogP contribution in [0.25, 0.3) is 0 Å². The van der Waals surface area contributed by atoms with Crippen molar-refractivity contribution in [2.45, 2.75) is 12.8 Å². The first-order chi connectivity index (χ1) is 13.0. The van der Waals surface area contributed by atoms with Gasteiger partial charge in [-0.25, -0.2) is 4.79 Å². The van der Waals surface area contributed by atoms with E-state index in [1.54, 1.807) is 4.90 Å². The topological polar surface area (TPSA) is 76.1 Å². The third kappa shape index (κ3) is 5.26. The molecule has 27 heavy (non-hydrogen) atoms. The van der Waals surface area contributed by atoms with E-state index in [4.69, 9.17) is 16.7 Å². The minimum atomic E-state index is -0.818. The highest BCUT2D eigenvalue weighted by atomic mass is 35.5. The normalized spacial score (nSPS) is 20.7. The molecule has 2 N–H and O–H groups in total. The molecular weight excluding hydrogens is 368 g/mol. The number of nitrogens with zero attached hydrogens (tertiary/aromatic N) is 3. The Morgan fingerprint density at radius 3 is 2.56 bits per heavy atom. The first kappa shape index (κ1) is 19.8. The molecule has 1 atom stereocenters. The van der Waals surface area contributed by atoms with Gasteiger partial charge in [0.2, 0.25) is 0 Å². The third-order valence-corrected chi connectivity index (χ3v) is 5.64. The quantitative estimate of drug-likeness (QED) is 0.721. The maximum atomic E-state index is 12.1. The molecule has 0 spiro atoms. The van der Waals surface area contributed by atoms with Gasteiger partial charge in [-0.05, 0) is 31.5 Å². The second-order valence-corrected chi connectivity index (χ2v) is 7.54. The summed E-state index contributed by atoms with van der Waals surface area (Å²) in [5, 5.41) is 12.7. The van der Waals surface area contributed by atoms with Crippen molar-refractivity contribution < 1.29 is 14.7 Å². The highest BCUT2D eigenvalue weighted by Crippen LogP contribution is 2.26. The zero-order valence-electron chi connectivity index (χ0n) is 15.4. The zero-order valence-corrected chi connectivity index (χ0v) is 16.2. The number of aliphatic carboxylic acids is 1. The van der Waals surface area contributed by atoms with Crippen molar-refractivity contribution in [3.8, 4) is 0 Å². The number of carbonyl (C=O) groups is 2. The van der Waals surface area contributed by atoms with Gasteiger partial charge in [0.1, 0.15) is 0 Å². The summed E-state index contributed by atoms with van der Waals surface area (Å²) in [5.41, 5.74) is 1.09. The van der Waals surface area contributed by atoms with Crippen molar-refractivity contribution in [1.82, 2.24) is 15.1 Å². The second-order valence-electron chi connectivity index (χ2n) is 7.14. The smallest absolute Gasteiger partial charge is 0.317 e. The fourth-order valence-corrected chi connectivity index (χ4v) is 3.93. The average Bonchev–Trinajstić information content (AvgIpc) is 3.17. The lowest BCUT2D eigenvalue weighted by Crippen LogP contribution is -2.47. The van der Waals surface area contributed by atoms with Crippen LogP contribution in [-0.4, -0.2) is 79.3 Å². The van der Waals surface area contributed by atoms with Gasteiger partial charge < -0.3 is 20.2 Å². The molecule has 0 radical (unpaired) electrons. The van der Waals surface area contributed by atoms with Crippen LogP contribution in [0, 0.1) is 5.92 Å². The molecule has 8 heteroatoms. The molecule has 2 aliphatic heterocycles. The van der Waals surface area contributed by atoms with Crippen molar-refractivity contribution in [3.63, 3.8) is 0 Å². The molecule has 7 nitrogen and oxygen atoms in total. The summed E-state index contributed by atoms with van der Waals surface area (Å²) in [6, 6.07) is 7.78. The Morgan fingerprint density at radius 2 is 1.89 bits per heavy atom. The van der Waals surface area contributed by atoms with Crippen molar-refractivity contribution in [1.29, 1.82) is 0 Å². The van der Waals surface area contributed by atoms with E-state index in [0.29, 0.717) is 26.1 Å². The van der Waals surface area contributed by atoms with Gasteiger partial charge in [0.15, 0.2) is 0 Å². The van der Waals surface area contributed by atoms with Crippen LogP contribution in [0.1, 0.15) is 12.8 Å². The summed E-state index contributed by atoms with van der Waals surface area (Å²) >= 11 is 6.27. The lowest BCUT2D eigenvalue weighted by atomic mass is 10.1. The number of carboxylic acids is 1. The van der Waals surface area contributed by atoms with Crippen molar-refractivity contribution in [2.24, 2.45) is 5.92 Å². The van der Waals surface area contributed by atoms with Crippen LogP contribution in [-0.2, 0) is 4.79 Å². The number of hydrogen-bond acceptors (Lipinski definition) is 4. The van der Waals surface area contributed by atoms with E-state index in [1.165, 1.54) is 0 Å². The molecule has 2 saturated heterocycles. The number of benzene rings is 1. The number of anilines is 1. The van der Waals surface area contributed by atoms with Crippen LogP contribution >= 0.6 is 11.6 Å². The number of piperazine rings is 1. The molecule has 3 rings (SSSR count). The molecule has 0 bridgehead atoms. The Labute approximate surface area is 164 Å². The summed E-state index contributed by atoms with van der Waals surface area (Å²) in [7, 11) is 0. The van der Waals surface area contributed by atoms with Crippen LogP contribution < -0.4 is 10.2 Å². The molecule has 2 fully saturated rings. The van der Waals surface area contributed by atoms with Gasteiger partial charge in [-0.3, -0.25) is 9.69 Å². The lowest BCUT2D eigenvalue weighted by molar-refractivity contribution is -0.141. The minimum absolute atomic E-state index is 0.151. The van der Waals surface area contributed by atoms with E-state index < -0.39 is 11.9 Å². The zero-order chi connectivity index (χ0) is 19.2. The van der Waals surface area contributed by atoms with Crippen LogP contribution in [0.5, 0.6) is 0 Å². The summed E-state index contributed by atoms with van der Waals surface area (Å²) in [5.74, 6) is -1.24. The van der Waals surface area contributed by atoms with Gasteiger partial charge in [0, 0.05) is 45.8 Å². The van der Waals surface area contributed by atoms with Gasteiger partial charge in [0.25, 0.3) is 0 Å². The number of amides is 2. The fourth-order valence-electron chi connectivity index (χ4n) is 3.68. The largest absolute Gasteiger partial charge is 0.481 e. The molecule has 2 heterocycles. The highest BCUT2D eigenvalue weighted by molar-refractivity contribution is 6.33. The van der Waals surface area contributed by atoms with E-state index in [0.717, 1.165) is 49.9 Å². The maximum absolute atomic E-state index is 12.1. The Bertz CT molecular complexity index is 664. The standard InChI is InChI=1S/C19H27ClN4O3/c20-16-4-1-2-5-17(16)23-12-10-22(11-13-23)8-3-7-21-19(27)24-9-6-15(14-24)18(25)26/h1-2,4-5,15H,3,6-14H2,(H,21,27)(H,25,26). The number of carboxylic acid groups (broad SMARTS) is 1. The third-order valence-electron chi connectivity index (χ3n) is 5.32. The Morgan fingerprint density at radius 1 is 1.15 bits per heavy atom. The van der Waals surface area contributed by atoms with Gasteiger partial charge in [0.05, 0.1) is 16.6 Å². The van der Waals surface area contributed by atoms with Crippen molar-refractivity contribution >= 4 is 29.3 Å². The molecule has 1 unspecified atom stereocenters. The lowest BCUT2D eigenvalue weighted by Gasteiger charge is -2.36. The first-order valence-electron chi connectivity index (χ1n) is 9.52. The summed E-state index contributed by atoms with van der Waals surface area (Å²) in [4.78, 5) is 29.4. The average molecular weight is 395 g/mol. The molecule has 0 aliphatic carbocycles. The molecule has 0 aromatic heterocycles. The predicted molar refractivity (Wildman–Crippen MR) is 105 cm³/mol. The number of nitrogens with one attached hydrogen (secondary N) is 1. The van der Waals surface area contributed by atoms with Gasteiger partial charge in [-0.2, -0.15) is 0 Å². The number of hydrogen-bond donors (Lipinski definition) is 2. The van der Waals surface area contributed by atoms with Crippen LogP contribution in [0.15, 0.2) is 24.3 Å². The second kappa shape index (κ2) is 9.28. The Hall–Kier alpha value is -1.99. The van der Waals surface area contributed by atoms with E-state index in [1.807, 2.05) is 18.2 Å². The summed E-state index contributed by atoms with van der Waals surface area (Å²) in [6.45, 7) is 6.22. The number of urea groups is 1. The SMILES string of the molecule is O=C(O)C1CCN(C(=O)NCCCN2CCN(c3ccccc3Cl)CC2)C1. The molecular formula is C19H27ClN4O3. The number of likely N-dealkylation sites (tertiary alicyclic amines) is 1. The number of rotatable bonds is 6. The molecule has 148 valence electrons. The van der Waals surface area contributed by atoms with E-state index in [2.05, 4.69) is 21.2 Å². The fraction of sp³-hybridized carbons (Fsp3) is 0.579. The van der Waals surface area contributed by atoms with Crippen molar-refractivity contribution in [2.75, 3.05) is 57.3 Å². The number of para-hydroxylation sites is 1. The minimum Gasteiger partial charge on any atom is -0.481 e. The van der Waals surface area contributed by atoms with E-state index in [-0.39, 0.29) is 6.03 Å². The van der Waals surface area contributed by atoms with Crippen molar-refractivity contribution in [3.05, 3.63) is 29.3 Å². The monoisotopic (exact) mass is 394 g/mol. The van der Waals surface area contributed by atoms with Crippen LogP contribution in [0.2, 0.25) is 5.02 Å². The molecule has 1 aromatic carbocycles. The van der Waals surface area contributed by atoms with E-state index in [9.17, 15) is 9.59 Å². The highest BCUT2D eigenvalue weighted by Gasteiger charge is 2.30. The van der Waals surface area contributed by atoms with Crippen LogP contribution in [0.4, 0.5) is 10.5 Å². The predicted octanol–water partition coefficient (Wildman–Crippen LogP) is 1.97. The van der Waals surface area contributed by atoms with Gasteiger partial charge in [-0.15, -0.1) is 0 Å². The molecule has 2 aliphatic rings. The molecule has 2 amide bonds. The maximum Gasteiger partial charge on any atom is 0.317 e. The summed E-state index contributed by atoms with van der Waals surface area (Å²) < 4.78 is 0. The number of carbonyl (C=O) groups excluding carboxylic acids is 1. The molecule has 0 saturated carbocycles.